The van der Waals surface area contributed by atoms with Crippen LogP contribution in [0.25, 0.3) is 0 Å². The molecule has 160 valence electrons. The van der Waals surface area contributed by atoms with E-state index in [0.717, 1.165) is 31.6 Å². The summed E-state index contributed by atoms with van der Waals surface area (Å²) in [6.07, 6.45) is 11.9. The molecule has 0 aromatic heterocycles. The maximum atomic E-state index is 12.6. The van der Waals surface area contributed by atoms with Crippen molar-refractivity contribution in [1.82, 2.24) is 26.4 Å². The zero-order valence-electron chi connectivity index (χ0n) is 18.0. The summed E-state index contributed by atoms with van der Waals surface area (Å²) >= 11 is 0. The molecule has 1 saturated carbocycles. The largest absolute Gasteiger partial charge is 0.387 e. The van der Waals surface area contributed by atoms with E-state index in [9.17, 15) is 4.79 Å². The Kier molecular flexibility index (Phi) is 6.25. The first-order valence-electron chi connectivity index (χ1n) is 10.9. The lowest BCUT2D eigenvalue weighted by Gasteiger charge is -2.23. The molecule has 1 unspecified atom stereocenters. The summed E-state index contributed by atoms with van der Waals surface area (Å²) in [6, 6.07) is 8.19. The van der Waals surface area contributed by atoms with E-state index in [1.165, 1.54) is 24.0 Å². The van der Waals surface area contributed by atoms with Crippen LogP contribution in [0.1, 0.15) is 35.7 Å². The SMILES string of the molecule is CC1=CNCC(C2(CNCCc3ccc(C(=O)N(C)CC4C=CNN4)cc3)CC2)=C1. The molecule has 30 heavy (non-hydrogen) atoms. The van der Waals surface area contributed by atoms with Crippen molar-refractivity contribution in [1.29, 1.82) is 0 Å². The third-order valence-electron chi connectivity index (χ3n) is 6.31. The van der Waals surface area contributed by atoms with Crippen molar-refractivity contribution in [3.05, 3.63) is 71.1 Å². The average molecular weight is 408 g/mol. The molecule has 4 N–H and O–H groups in total. The first-order valence-corrected chi connectivity index (χ1v) is 10.9. The highest BCUT2D eigenvalue weighted by Crippen LogP contribution is 2.51. The summed E-state index contributed by atoms with van der Waals surface area (Å²) in [7, 11) is 1.84. The molecule has 1 aromatic carbocycles. The van der Waals surface area contributed by atoms with Crippen LogP contribution in [0, 0.1) is 5.41 Å². The monoisotopic (exact) mass is 407 g/mol. The predicted molar refractivity (Wildman–Crippen MR) is 121 cm³/mol. The molecule has 2 heterocycles. The molecule has 6 nitrogen and oxygen atoms in total. The van der Waals surface area contributed by atoms with Crippen molar-refractivity contribution in [2.24, 2.45) is 5.41 Å². The maximum absolute atomic E-state index is 12.6. The van der Waals surface area contributed by atoms with E-state index in [1.54, 1.807) is 10.5 Å². The minimum absolute atomic E-state index is 0.0520. The highest BCUT2D eigenvalue weighted by Gasteiger charge is 2.45. The van der Waals surface area contributed by atoms with E-state index in [0.29, 0.717) is 12.0 Å². The fourth-order valence-electron chi connectivity index (χ4n) is 4.24. The Morgan fingerprint density at radius 1 is 1.27 bits per heavy atom. The minimum Gasteiger partial charge on any atom is -0.387 e. The number of nitrogens with zero attached hydrogens (tertiary/aromatic N) is 1. The van der Waals surface area contributed by atoms with E-state index >= 15 is 0 Å². The van der Waals surface area contributed by atoms with Crippen LogP contribution in [-0.4, -0.2) is 50.1 Å². The van der Waals surface area contributed by atoms with Gasteiger partial charge >= 0.3 is 0 Å². The normalized spacial score (nSPS) is 21.3. The second-order valence-corrected chi connectivity index (χ2v) is 8.78. The zero-order chi connectivity index (χ0) is 21.0. The predicted octanol–water partition coefficient (Wildman–Crippen LogP) is 2.09. The van der Waals surface area contributed by atoms with E-state index in [2.05, 4.69) is 52.8 Å². The van der Waals surface area contributed by atoms with Gasteiger partial charge in [-0.3, -0.25) is 4.79 Å². The molecule has 4 rings (SSSR count). The van der Waals surface area contributed by atoms with Gasteiger partial charge in [0.25, 0.3) is 5.91 Å². The molecule has 1 aliphatic carbocycles. The molecule has 1 aromatic rings. The second-order valence-electron chi connectivity index (χ2n) is 8.78. The van der Waals surface area contributed by atoms with Crippen molar-refractivity contribution in [3.8, 4) is 0 Å². The van der Waals surface area contributed by atoms with E-state index in [4.69, 9.17) is 0 Å². The first kappa shape index (κ1) is 20.7. The summed E-state index contributed by atoms with van der Waals surface area (Å²) < 4.78 is 0. The number of allylic oxidation sites excluding steroid dienone is 2. The van der Waals surface area contributed by atoms with Gasteiger partial charge in [0.1, 0.15) is 0 Å². The van der Waals surface area contributed by atoms with Crippen molar-refractivity contribution >= 4 is 5.91 Å². The molecule has 6 heteroatoms. The number of rotatable bonds is 9. The lowest BCUT2D eigenvalue weighted by molar-refractivity contribution is 0.0787. The highest BCUT2D eigenvalue weighted by atomic mass is 16.2. The zero-order valence-corrected chi connectivity index (χ0v) is 18.0. The first-order chi connectivity index (χ1) is 14.6. The van der Waals surface area contributed by atoms with Gasteiger partial charge in [-0.2, -0.15) is 0 Å². The Bertz CT molecular complexity index is 851. The average Bonchev–Trinajstić information content (AvgIpc) is 3.38. The topological polar surface area (TPSA) is 68.4 Å². The van der Waals surface area contributed by atoms with Gasteiger partial charge in [-0.25, -0.2) is 5.43 Å². The minimum atomic E-state index is 0.0520. The van der Waals surface area contributed by atoms with Crippen LogP contribution < -0.4 is 21.5 Å². The number of hydrogen-bond donors (Lipinski definition) is 4. The lowest BCUT2D eigenvalue weighted by Crippen LogP contribution is -2.41. The standard InChI is InChI=1S/C24H33N5O/c1-18-13-21(15-26-14-18)24(9-10-24)17-25-11-7-19-3-5-20(6-4-19)23(30)29(2)16-22-8-12-27-28-22/h3-6,8,12-14,22,25-28H,7,9-11,15-17H2,1-2H3. The van der Waals surface area contributed by atoms with Crippen molar-refractivity contribution < 1.29 is 4.79 Å². The summed E-state index contributed by atoms with van der Waals surface area (Å²) in [4.78, 5) is 14.4. The molecule has 1 amide bonds. The smallest absolute Gasteiger partial charge is 0.253 e. The number of carbonyl (C=O) groups is 1. The Labute approximate surface area is 179 Å². The molecule has 0 radical (unpaired) electrons. The summed E-state index contributed by atoms with van der Waals surface area (Å²) in [5.41, 5.74) is 11.3. The van der Waals surface area contributed by atoms with Gasteiger partial charge < -0.3 is 21.0 Å². The molecule has 3 aliphatic rings. The fraction of sp³-hybridized carbons (Fsp3) is 0.458. The van der Waals surface area contributed by atoms with Crippen LogP contribution in [0.2, 0.25) is 0 Å². The van der Waals surface area contributed by atoms with Crippen LogP contribution in [-0.2, 0) is 6.42 Å². The van der Waals surface area contributed by atoms with Crippen molar-refractivity contribution in [2.75, 3.05) is 33.2 Å². The number of nitrogens with one attached hydrogen (secondary N) is 4. The molecule has 1 atom stereocenters. The Morgan fingerprint density at radius 2 is 2.07 bits per heavy atom. The van der Waals surface area contributed by atoms with Gasteiger partial charge in [0.05, 0.1) is 6.04 Å². The second kappa shape index (κ2) is 9.06. The Hall–Kier alpha value is -2.57. The number of dihydropyridines is 1. The van der Waals surface area contributed by atoms with Crippen LogP contribution in [0.3, 0.4) is 0 Å². The van der Waals surface area contributed by atoms with Gasteiger partial charge in [0, 0.05) is 43.9 Å². The van der Waals surface area contributed by atoms with Gasteiger partial charge in [-0.1, -0.05) is 18.2 Å². The Morgan fingerprint density at radius 3 is 2.73 bits per heavy atom. The number of benzene rings is 1. The summed E-state index contributed by atoms with van der Waals surface area (Å²) in [5.74, 6) is 0.0520. The van der Waals surface area contributed by atoms with E-state index < -0.39 is 0 Å². The molecule has 1 fully saturated rings. The number of hydrazine groups is 1. The van der Waals surface area contributed by atoms with Crippen molar-refractivity contribution in [2.45, 2.75) is 32.2 Å². The summed E-state index contributed by atoms with van der Waals surface area (Å²) in [6.45, 7) is 5.77. The van der Waals surface area contributed by atoms with Gasteiger partial charge in [0.2, 0.25) is 0 Å². The molecule has 0 bridgehead atoms. The maximum Gasteiger partial charge on any atom is 0.253 e. The number of amides is 1. The molecular weight excluding hydrogens is 374 g/mol. The molecule has 0 saturated heterocycles. The lowest BCUT2D eigenvalue weighted by atomic mass is 9.92. The van der Waals surface area contributed by atoms with Gasteiger partial charge in [0.15, 0.2) is 0 Å². The molecular formula is C24H33N5O. The molecule has 0 spiro atoms. The van der Waals surface area contributed by atoms with Crippen LogP contribution in [0.4, 0.5) is 0 Å². The van der Waals surface area contributed by atoms with Gasteiger partial charge in [-0.15, -0.1) is 0 Å². The highest BCUT2D eigenvalue weighted by molar-refractivity contribution is 5.94. The van der Waals surface area contributed by atoms with Crippen LogP contribution in [0.15, 0.2) is 60.0 Å². The Balaban J connectivity index is 1.22. The number of hydrogen-bond acceptors (Lipinski definition) is 5. The molecule has 2 aliphatic heterocycles. The third kappa shape index (κ3) is 4.94. The van der Waals surface area contributed by atoms with Crippen LogP contribution in [0.5, 0.6) is 0 Å². The van der Waals surface area contributed by atoms with Crippen LogP contribution >= 0.6 is 0 Å². The van der Waals surface area contributed by atoms with E-state index in [-0.39, 0.29) is 11.9 Å². The van der Waals surface area contributed by atoms with Gasteiger partial charge in [-0.05, 0) is 73.8 Å². The fourth-order valence-corrected chi connectivity index (χ4v) is 4.24. The number of carbonyl (C=O) groups excluding carboxylic acids is 1. The quantitative estimate of drug-likeness (QED) is 0.472. The summed E-state index contributed by atoms with van der Waals surface area (Å²) in [5, 5.41) is 7.05. The number of likely N-dealkylation sites (N-methyl/N-ethyl adjacent to an activating group) is 1. The van der Waals surface area contributed by atoms with E-state index in [1.807, 2.05) is 31.5 Å². The van der Waals surface area contributed by atoms with Crippen molar-refractivity contribution in [3.63, 3.8) is 0 Å². The third-order valence-corrected chi connectivity index (χ3v) is 6.31.